The number of carbonyl (C=O) groups is 2. The van der Waals surface area contributed by atoms with Crippen molar-refractivity contribution < 1.29 is 14.5 Å². The van der Waals surface area contributed by atoms with Crippen molar-refractivity contribution in [2.75, 3.05) is 5.32 Å². The quantitative estimate of drug-likeness (QED) is 0.420. The van der Waals surface area contributed by atoms with Crippen LogP contribution in [0.1, 0.15) is 10.4 Å². The van der Waals surface area contributed by atoms with Gasteiger partial charge in [0.15, 0.2) is 0 Å². The van der Waals surface area contributed by atoms with Crippen molar-refractivity contribution in [3.63, 3.8) is 0 Å². The standard InChI is InChI=1S/C8H7N3O4/c9-8(13)5-1-2-7(11(14)15)6(3-5)10-4-12/h1-4H,(H2,9,13)(H,10,12). The first-order valence-corrected chi connectivity index (χ1v) is 3.84. The van der Waals surface area contributed by atoms with Crippen LogP contribution in [0.4, 0.5) is 11.4 Å². The molecule has 1 aromatic rings. The topological polar surface area (TPSA) is 115 Å². The zero-order valence-electron chi connectivity index (χ0n) is 7.47. The lowest BCUT2D eigenvalue weighted by atomic mass is 10.1. The fourth-order valence-corrected chi connectivity index (χ4v) is 1.03. The summed E-state index contributed by atoms with van der Waals surface area (Å²) in [6.07, 6.45) is 0.285. The van der Waals surface area contributed by atoms with Crippen molar-refractivity contribution in [3.8, 4) is 0 Å². The molecule has 0 aliphatic rings. The molecule has 0 unspecified atom stereocenters. The lowest BCUT2D eigenvalue weighted by molar-refractivity contribution is -0.383. The van der Waals surface area contributed by atoms with Gasteiger partial charge in [0.05, 0.1) is 4.92 Å². The molecule has 78 valence electrons. The van der Waals surface area contributed by atoms with E-state index < -0.39 is 10.8 Å². The van der Waals surface area contributed by atoms with Crippen LogP contribution in [0.15, 0.2) is 18.2 Å². The second kappa shape index (κ2) is 4.18. The van der Waals surface area contributed by atoms with Gasteiger partial charge in [-0.1, -0.05) is 0 Å². The number of benzene rings is 1. The van der Waals surface area contributed by atoms with Crippen molar-refractivity contribution in [2.24, 2.45) is 5.73 Å². The second-order valence-electron chi connectivity index (χ2n) is 2.62. The van der Waals surface area contributed by atoms with Gasteiger partial charge in [-0.25, -0.2) is 0 Å². The number of nitrogens with two attached hydrogens (primary N) is 1. The van der Waals surface area contributed by atoms with Gasteiger partial charge < -0.3 is 11.1 Å². The second-order valence-corrected chi connectivity index (χ2v) is 2.62. The van der Waals surface area contributed by atoms with Crippen LogP contribution >= 0.6 is 0 Å². The Bertz CT molecular complexity index is 430. The van der Waals surface area contributed by atoms with E-state index in [4.69, 9.17) is 5.73 Å². The zero-order valence-corrected chi connectivity index (χ0v) is 7.47. The van der Waals surface area contributed by atoms with Gasteiger partial charge in [-0.15, -0.1) is 0 Å². The van der Waals surface area contributed by atoms with E-state index >= 15 is 0 Å². The molecule has 0 bridgehead atoms. The van der Waals surface area contributed by atoms with E-state index in [0.717, 1.165) is 12.1 Å². The highest BCUT2D eigenvalue weighted by Gasteiger charge is 2.15. The molecule has 0 spiro atoms. The van der Waals surface area contributed by atoms with Crippen LogP contribution in [-0.2, 0) is 4.79 Å². The Kier molecular flexibility index (Phi) is 2.97. The van der Waals surface area contributed by atoms with E-state index in [1.807, 2.05) is 0 Å². The molecule has 0 aliphatic heterocycles. The molecule has 1 rings (SSSR count). The Labute approximate surface area is 84.0 Å². The number of primary amides is 1. The first-order chi connectivity index (χ1) is 7.06. The molecule has 1 aromatic carbocycles. The van der Waals surface area contributed by atoms with Gasteiger partial charge in [0.25, 0.3) is 5.69 Å². The number of nitrogens with one attached hydrogen (secondary N) is 1. The SMILES string of the molecule is NC(=O)c1ccc([N+](=O)[O-])c(NC=O)c1. The number of rotatable bonds is 4. The van der Waals surface area contributed by atoms with Crippen LogP contribution in [0.5, 0.6) is 0 Å². The highest BCUT2D eigenvalue weighted by molar-refractivity contribution is 5.95. The summed E-state index contributed by atoms with van der Waals surface area (Å²) in [6.45, 7) is 0. The van der Waals surface area contributed by atoms with Crippen LogP contribution in [-0.4, -0.2) is 17.2 Å². The monoisotopic (exact) mass is 209 g/mol. The summed E-state index contributed by atoms with van der Waals surface area (Å²) in [5, 5.41) is 12.6. The van der Waals surface area contributed by atoms with E-state index in [1.165, 1.54) is 6.07 Å². The van der Waals surface area contributed by atoms with E-state index in [2.05, 4.69) is 5.32 Å². The summed E-state index contributed by atoms with van der Waals surface area (Å²) >= 11 is 0. The summed E-state index contributed by atoms with van der Waals surface area (Å²) in [4.78, 5) is 30.8. The van der Waals surface area contributed by atoms with Crippen LogP contribution in [0, 0.1) is 10.1 Å². The maximum Gasteiger partial charge on any atom is 0.292 e. The number of nitrogens with zero attached hydrogens (tertiary/aromatic N) is 1. The number of nitro benzene ring substituents is 1. The minimum atomic E-state index is -0.723. The molecule has 0 fully saturated rings. The van der Waals surface area contributed by atoms with Crippen molar-refractivity contribution in [2.45, 2.75) is 0 Å². The van der Waals surface area contributed by atoms with Crippen LogP contribution in [0.2, 0.25) is 0 Å². The largest absolute Gasteiger partial charge is 0.366 e. The summed E-state index contributed by atoms with van der Waals surface area (Å²) in [5.41, 5.74) is 4.71. The number of anilines is 1. The van der Waals surface area contributed by atoms with E-state index in [9.17, 15) is 19.7 Å². The highest BCUT2D eigenvalue weighted by atomic mass is 16.6. The number of hydrogen-bond donors (Lipinski definition) is 2. The van der Waals surface area contributed by atoms with Gasteiger partial charge in [0.1, 0.15) is 5.69 Å². The Morgan fingerprint density at radius 2 is 2.20 bits per heavy atom. The highest BCUT2D eigenvalue weighted by Crippen LogP contribution is 2.24. The molecule has 2 amide bonds. The lowest BCUT2D eigenvalue weighted by Crippen LogP contribution is -2.11. The smallest absolute Gasteiger partial charge is 0.292 e. The van der Waals surface area contributed by atoms with Gasteiger partial charge in [0, 0.05) is 11.6 Å². The van der Waals surface area contributed by atoms with Crippen molar-refractivity contribution >= 4 is 23.7 Å². The van der Waals surface area contributed by atoms with E-state index in [-0.39, 0.29) is 23.3 Å². The predicted octanol–water partition coefficient (Wildman–Crippen LogP) is 0.262. The molecule has 3 N–H and O–H groups in total. The minimum absolute atomic E-state index is 0.0636. The molecule has 0 saturated carbocycles. The van der Waals surface area contributed by atoms with Gasteiger partial charge >= 0.3 is 0 Å². The normalized spacial score (nSPS) is 9.33. The van der Waals surface area contributed by atoms with Crippen LogP contribution in [0.25, 0.3) is 0 Å². The molecule has 15 heavy (non-hydrogen) atoms. The predicted molar refractivity (Wildman–Crippen MR) is 51.3 cm³/mol. The number of amides is 2. The summed E-state index contributed by atoms with van der Waals surface area (Å²) in [6, 6.07) is 3.47. The third-order valence-electron chi connectivity index (χ3n) is 1.69. The zero-order chi connectivity index (χ0) is 11.4. The van der Waals surface area contributed by atoms with Gasteiger partial charge in [-0.05, 0) is 12.1 Å². The Balaban J connectivity index is 3.25. The van der Waals surface area contributed by atoms with Gasteiger partial charge in [-0.2, -0.15) is 0 Å². The number of hydrogen-bond acceptors (Lipinski definition) is 4. The van der Waals surface area contributed by atoms with Gasteiger partial charge in [0.2, 0.25) is 12.3 Å². The van der Waals surface area contributed by atoms with Gasteiger partial charge in [-0.3, -0.25) is 19.7 Å². The number of nitro groups is 1. The maximum atomic E-state index is 10.8. The summed E-state index contributed by atoms with van der Waals surface area (Å²) in [5.74, 6) is -0.723. The average Bonchev–Trinajstić information content (AvgIpc) is 2.17. The molecule has 0 atom stereocenters. The van der Waals surface area contributed by atoms with Crippen LogP contribution in [0.3, 0.4) is 0 Å². The molecule has 0 heterocycles. The maximum absolute atomic E-state index is 10.8. The molecular weight excluding hydrogens is 202 g/mol. The first kappa shape index (κ1) is 10.6. The Hall–Kier alpha value is -2.44. The molecule has 7 nitrogen and oxygen atoms in total. The molecule has 0 radical (unpaired) electrons. The van der Waals surface area contributed by atoms with Crippen molar-refractivity contribution in [1.82, 2.24) is 0 Å². The molecular formula is C8H7N3O4. The fourth-order valence-electron chi connectivity index (χ4n) is 1.03. The third-order valence-corrected chi connectivity index (χ3v) is 1.69. The van der Waals surface area contributed by atoms with Crippen molar-refractivity contribution in [1.29, 1.82) is 0 Å². The molecule has 0 saturated heterocycles. The molecule has 0 aromatic heterocycles. The van der Waals surface area contributed by atoms with E-state index in [1.54, 1.807) is 0 Å². The fraction of sp³-hybridized carbons (Fsp3) is 0. The van der Waals surface area contributed by atoms with E-state index in [0.29, 0.717) is 0 Å². The molecule has 0 aliphatic carbocycles. The molecule has 7 heteroatoms. The Morgan fingerprint density at radius 3 is 2.67 bits per heavy atom. The number of carbonyl (C=O) groups excluding carboxylic acids is 2. The van der Waals surface area contributed by atoms with Crippen molar-refractivity contribution in [3.05, 3.63) is 33.9 Å². The Morgan fingerprint density at radius 1 is 1.53 bits per heavy atom. The lowest BCUT2D eigenvalue weighted by Gasteiger charge is -2.02. The minimum Gasteiger partial charge on any atom is -0.366 e. The third kappa shape index (κ3) is 2.27. The summed E-state index contributed by atoms with van der Waals surface area (Å²) in [7, 11) is 0. The van der Waals surface area contributed by atoms with Crippen LogP contribution < -0.4 is 11.1 Å². The summed E-state index contributed by atoms with van der Waals surface area (Å²) < 4.78 is 0. The average molecular weight is 209 g/mol. The first-order valence-electron chi connectivity index (χ1n) is 3.84.